The van der Waals surface area contributed by atoms with Gasteiger partial charge in [0.15, 0.2) is 11.5 Å². The largest absolute Gasteiger partial charge is 0.507 e. The van der Waals surface area contributed by atoms with Crippen LogP contribution in [-0.2, 0) is 9.53 Å². The number of rotatable bonds is 5. The molecule has 0 fully saturated rings. The van der Waals surface area contributed by atoms with E-state index in [2.05, 4.69) is 0 Å². The van der Waals surface area contributed by atoms with Gasteiger partial charge < -0.3 is 24.1 Å². The van der Waals surface area contributed by atoms with Crippen LogP contribution in [0.5, 0.6) is 23.0 Å². The molecule has 34 heavy (non-hydrogen) atoms. The fourth-order valence-corrected chi connectivity index (χ4v) is 4.49. The SMILES string of the molecule is COC(=O)C1=C(c2ccc3c(c2)OCO3)c2ccc([N+](=O)[O-])cc2C1c1ccc(OC)cc1O. The molecule has 1 heterocycles. The van der Waals surface area contributed by atoms with Gasteiger partial charge in [-0.1, -0.05) is 12.1 Å². The van der Waals surface area contributed by atoms with Crippen molar-refractivity contribution in [3.8, 4) is 23.0 Å². The van der Waals surface area contributed by atoms with Crippen molar-refractivity contribution >= 4 is 17.2 Å². The zero-order valence-corrected chi connectivity index (χ0v) is 18.2. The highest BCUT2D eigenvalue weighted by atomic mass is 16.7. The molecule has 0 spiro atoms. The van der Waals surface area contributed by atoms with Gasteiger partial charge >= 0.3 is 5.97 Å². The third-order valence-electron chi connectivity index (χ3n) is 6.00. The van der Waals surface area contributed by atoms with Crippen LogP contribution in [0, 0.1) is 10.1 Å². The van der Waals surface area contributed by atoms with Gasteiger partial charge in [-0.2, -0.15) is 0 Å². The Morgan fingerprint density at radius 2 is 1.82 bits per heavy atom. The molecule has 172 valence electrons. The second-order valence-electron chi connectivity index (χ2n) is 7.73. The van der Waals surface area contributed by atoms with Crippen LogP contribution in [0.25, 0.3) is 5.57 Å². The normalized spacial score (nSPS) is 15.8. The van der Waals surface area contributed by atoms with Crippen LogP contribution in [0.1, 0.15) is 28.2 Å². The first-order chi connectivity index (χ1) is 16.4. The lowest BCUT2D eigenvalue weighted by Crippen LogP contribution is -2.13. The van der Waals surface area contributed by atoms with Crippen molar-refractivity contribution in [2.75, 3.05) is 21.0 Å². The number of carbonyl (C=O) groups is 1. The van der Waals surface area contributed by atoms with Gasteiger partial charge in [-0.05, 0) is 41.0 Å². The average Bonchev–Trinajstić information content (AvgIpc) is 3.44. The Hall–Kier alpha value is -4.53. The number of nitro benzene ring substituents is 1. The zero-order valence-electron chi connectivity index (χ0n) is 18.2. The highest BCUT2D eigenvalue weighted by molar-refractivity contribution is 6.08. The summed E-state index contributed by atoms with van der Waals surface area (Å²) < 4.78 is 21.2. The number of fused-ring (bicyclic) bond motifs is 2. The molecular formula is C25H19NO8. The number of phenolic OH excluding ortho intramolecular Hbond substituents is 1. The van der Waals surface area contributed by atoms with Crippen LogP contribution in [0.15, 0.2) is 60.2 Å². The molecule has 0 saturated carbocycles. The Morgan fingerprint density at radius 3 is 2.53 bits per heavy atom. The van der Waals surface area contributed by atoms with Crippen LogP contribution in [0.2, 0.25) is 0 Å². The molecule has 2 aliphatic rings. The molecule has 9 nitrogen and oxygen atoms in total. The van der Waals surface area contributed by atoms with E-state index < -0.39 is 16.8 Å². The number of esters is 1. The Bertz CT molecular complexity index is 1380. The number of hydrogen-bond acceptors (Lipinski definition) is 8. The van der Waals surface area contributed by atoms with Crippen molar-refractivity contribution in [1.29, 1.82) is 0 Å². The number of nitro groups is 1. The zero-order chi connectivity index (χ0) is 24.0. The first-order valence-electron chi connectivity index (χ1n) is 10.3. The third kappa shape index (κ3) is 3.29. The summed E-state index contributed by atoms with van der Waals surface area (Å²) in [6.45, 7) is 0.0901. The lowest BCUT2D eigenvalue weighted by molar-refractivity contribution is -0.384. The number of benzene rings is 3. The van der Waals surface area contributed by atoms with Gasteiger partial charge in [-0.3, -0.25) is 10.1 Å². The maximum absolute atomic E-state index is 13.2. The van der Waals surface area contributed by atoms with E-state index >= 15 is 0 Å². The molecule has 9 heteroatoms. The van der Waals surface area contributed by atoms with Crippen molar-refractivity contribution < 1.29 is 33.8 Å². The third-order valence-corrected chi connectivity index (χ3v) is 6.00. The summed E-state index contributed by atoms with van der Waals surface area (Å²) in [5.74, 6) is -0.0164. The highest BCUT2D eigenvalue weighted by Gasteiger charge is 2.40. The van der Waals surface area contributed by atoms with E-state index in [9.17, 15) is 20.0 Å². The molecule has 0 aromatic heterocycles. The van der Waals surface area contributed by atoms with Crippen LogP contribution < -0.4 is 14.2 Å². The summed E-state index contributed by atoms with van der Waals surface area (Å²) in [7, 11) is 2.74. The number of aromatic hydroxyl groups is 1. The van der Waals surface area contributed by atoms with E-state index in [1.54, 1.807) is 36.4 Å². The lowest BCUT2D eigenvalue weighted by atomic mass is 9.87. The number of ether oxygens (including phenoxy) is 4. The Labute approximate surface area is 193 Å². The van der Waals surface area contributed by atoms with E-state index in [1.807, 2.05) is 0 Å². The fourth-order valence-electron chi connectivity index (χ4n) is 4.49. The summed E-state index contributed by atoms with van der Waals surface area (Å²) in [4.78, 5) is 24.2. The van der Waals surface area contributed by atoms with Crippen LogP contribution in [0.3, 0.4) is 0 Å². The van der Waals surface area contributed by atoms with E-state index in [1.165, 1.54) is 32.4 Å². The summed E-state index contributed by atoms with van der Waals surface area (Å²) >= 11 is 0. The molecule has 0 bridgehead atoms. The topological polar surface area (TPSA) is 117 Å². The van der Waals surface area contributed by atoms with Gasteiger partial charge in [0.05, 0.1) is 24.7 Å². The second-order valence-corrected chi connectivity index (χ2v) is 7.73. The number of nitrogens with zero attached hydrogens (tertiary/aromatic N) is 1. The summed E-state index contributed by atoms with van der Waals surface area (Å²) in [5, 5.41) is 22.4. The maximum atomic E-state index is 13.2. The van der Waals surface area contributed by atoms with Crippen LogP contribution in [0.4, 0.5) is 5.69 Å². The van der Waals surface area contributed by atoms with Gasteiger partial charge in [-0.25, -0.2) is 4.79 Å². The van der Waals surface area contributed by atoms with Gasteiger partial charge in [-0.15, -0.1) is 0 Å². The first kappa shape index (κ1) is 21.3. The van der Waals surface area contributed by atoms with Gasteiger partial charge in [0.1, 0.15) is 11.5 Å². The monoisotopic (exact) mass is 461 g/mol. The van der Waals surface area contributed by atoms with Crippen molar-refractivity contribution in [2.45, 2.75) is 5.92 Å². The van der Waals surface area contributed by atoms with Crippen molar-refractivity contribution in [3.05, 3.63) is 92.5 Å². The minimum absolute atomic E-state index is 0.0901. The smallest absolute Gasteiger partial charge is 0.335 e. The van der Waals surface area contributed by atoms with E-state index in [0.717, 1.165) is 0 Å². The summed E-state index contributed by atoms with van der Waals surface area (Å²) in [5.41, 5.74) is 2.81. The van der Waals surface area contributed by atoms with Gasteiger partial charge in [0.2, 0.25) is 6.79 Å². The van der Waals surface area contributed by atoms with Gasteiger partial charge in [0.25, 0.3) is 5.69 Å². The minimum atomic E-state index is -0.811. The molecule has 5 rings (SSSR count). The molecule has 1 aliphatic carbocycles. The minimum Gasteiger partial charge on any atom is -0.507 e. The lowest BCUT2D eigenvalue weighted by Gasteiger charge is -2.18. The molecular weight excluding hydrogens is 442 g/mol. The number of hydrogen-bond donors (Lipinski definition) is 1. The number of non-ortho nitro benzene ring substituents is 1. The first-order valence-corrected chi connectivity index (χ1v) is 10.3. The van der Waals surface area contributed by atoms with Gasteiger partial charge in [0, 0.05) is 35.3 Å². The average molecular weight is 461 g/mol. The van der Waals surface area contributed by atoms with Crippen molar-refractivity contribution in [1.82, 2.24) is 0 Å². The number of methoxy groups -OCH3 is 2. The molecule has 3 aromatic rings. The molecule has 1 unspecified atom stereocenters. The van der Waals surface area contributed by atoms with Crippen molar-refractivity contribution in [3.63, 3.8) is 0 Å². The van der Waals surface area contributed by atoms with E-state index in [4.69, 9.17) is 18.9 Å². The molecule has 1 atom stereocenters. The number of carbonyl (C=O) groups excluding carboxylic acids is 1. The molecule has 3 aromatic carbocycles. The van der Waals surface area contributed by atoms with E-state index in [0.29, 0.717) is 45.1 Å². The van der Waals surface area contributed by atoms with Crippen LogP contribution in [-0.4, -0.2) is 37.0 Å². The summed E-state index contributed by atoms with van der Waals surface area (Å²) in [6, 6.07) is 14.4. The maximum Gasteiger partial charge on any atom is 0.335 e. The molecule has 0 saturated heterocycles. The molecule has 1 aliphatic heterocycles. The predicted molar refractivity (Wildman–Crippen MR) is 120 cm³/mol. The number of phenols is 1. The Balaban J connectivity index is 1.81. The molecule has 0 amide bonds. The molecule has 0 radical (unpaired) electrons. The Morgan fingerprint density at radius 1 is 1.03 bits per heavy atom. The Kier molecular flexibility index (Phi) is 5.09. The van der Waals surface area contributed by atoms with Crippen LogP contribution >= 0.6 is 0 Å². The fraction of sp³-hybridized carbons (Fsp3) is 0.160. The quantitative estimate of drug-likeness (QED) is 0.342. The second kappa shape index (κ2) is 8.11. The summed E-state index contributed by atoms with van der Waals surface area (Å²) in [6.07, 6.45) is 0. The standard InChI is InChI=1S/C25H19NO8/c1-31-15-5-7-17(19(27)11-15)23-18-10-14(26(29)30)4-6-16(18)22(24(23)25(28)32-2)13-3-8-20-21(9-13)34-12-33-20/h3-11,23,27H,12H2,1-2H3. The predicted octanol–water partition coefficient (Wildman–Crippen LogP) is 4.16. The highest BCUT2D eigenvalue weighted by Crippen LogP contribution is 2.52. The van der Waals surface area contributed by atoms with E-state index in [-0.39, 0.29) is 23.8 Å². The van der Waals surface area contributed by atoms with Crippen molar-refractivity contribution in [2.24, 2.45) is 0 Å². The molecule has 1 N–H and O–H groups in total.